The van der Waals surface area contributed by atoms with Gasteiger partial charge in [-0.3, -0.25) is 4.79 Å². The smallest absolute Gasteiger partial charge is 0.323 e. The summed E-state index contributed by atoms with van der Waals surface area (Å²) >= 11 is 0. The summed E-state index contributed by atoms with van der Waals surface area (Å²) in [6.07, 6.45) is 6.20. The first kappa shape index (κ1) is 29.4. The van der Waals surface area contributed by atoms with Crippen LogP contribution in [0.15, 0.2) is 4.90 Å². The highest BCUT2D eigenvalue weighted by atomic mass is 32.2. The largest absolute Gasteiger partial charge is 0.487 e. The number of carbonyl (C=O) groups excluding carboxylic acids is 1. The highest BCUT2D eigenvalue weighted by Crippen LogP contribution is 2.47. The van der Waals surface area contributed by atoms with Crippen molar-refractivity contribution in [1.82, 2.24) is 4.31 Å². The first-order valence-electron chi connectivity index (χ1n) is 13.7. The highest BCUT2D eigenvalue weighted by Gasteiger charge is 2.48. The Morgan fingerprint density at radius 2 is 1.73 bits per heavy atom. The van der Waals surface area contributed by atoms with Crippen molar-refractivity contribution in [2.75, 3.05) is 19.7 Å². The third-order valence-electron chi connectivity index (χ3n) is 8.52. The minimum atomic E-state index is -3.77. The van der Waals surface area contributed by atoms with Crippen molar-refractivity contribution in [3.8, 4) is 11.8 Å². The molecule has 1 aromatic carbocycles. The lowest BCUT2D eigenvalue weighted by atomic mass is 9.66. The van der Waals surface area contributed by atoms with Gasteiger partial charge in [-0.05, 0) is 101 Å². The van der Waals surface area contributed by atoms with Crippen LogP contribution < -0.4 is 4.74 Å². The zero-order valence-corrected chi connectivity index (χ0v) is 24.5. The van der Waals surface area contributed by atoms with Gasteiger partial charge in [-0.2, -0.15) is 9.57 Å². The van der Waals surface area contributed by atoms with Crippen molar-refractivity contribution < 1.29 is 22.7 Å². The molecular formula is C29H44N2O5S. The van der Waals surface area contributed by atoms with E-state index >= 15 is 0 Å². The van der Waals surface area contributed by atoms with Crippen LogP contribution in [-0.2, 0) is 26.0 Å². The first-order chi connectivity index (χ1) is 17.3. The van der Waals surface area contributed by atoms with E-state index in [0.717, 1.165) is 66.5 Å². The average Bonchev–Trinajstić information content (AvgIpc) is 2.83. The molecule has 1 saturated heterocycles. The Balaban J connectivity index is 1.94. The Morgan fingerprint density at radius 1 is 1.08 bits per heavy atom. The number of fused-ring (bicyclic) bond motifs is 1. The van der Waals surface area contributed by atoms with Crippen molar-refractivity contribution in [1.29, 1.82) is 5.26 Å². The Labute approximate surface area is 223 Å². The van der Waals surface area contributed by atoms with Gasteiger partial charge in [0.05, 0.1) is 17.6 Å². The fourth-order valence-corrected chi connectivity index (χ4v) is 8.08. The van der Waals surface area contributed by atoms with Gasteiger partial charge in [0.1, 0.15) is 17.3 Å². The second-order valence-corrected chi connectivity index (χ2v) is 13.3. The fraction of sp³-hybridized carbons (Fsp3) is 0.724. The van der Waals surface area contributed by atoms with Crippen molar-refractivity contribution in [3.05, 3.63) is 22.3 Å². The summed E-state index contributed by atoms with van der Waals surface area (Å²) in [7, 11) is -3.77. The van der Waals surface area contributed by atoms with E-state index in [0.29, 0.717) is 17.7 Å². The second-order valence-electron chi connectivity index (χ2n) is 11.4. The van der Waals surface area contributed by atoms with Gasteiger partial charge in [-0.15, -0.1) is 0 Å². The number of ether oxygens (including phenoxy) is 2. The molecule has 1 atom stereocenters. The zero-order valence-electron chi connectivity index (χ0n) is 23.7. The predicted molar refractivity (Wildman–Crippen MR) is 144 cm³/mol. The predicted octanol–water partition coefficient (Wildman–Crippen LogP) is 5.77. The SMILES string of the molecule is CCCCCC1(C(C#N)C(=O)OCC)CCN(S(=O)(=O)c2c(C)c(C)c3c(c2C)CCC(C)(C)O3)CC1. The van der Waals surface area contributed by atoms with E-state index in [1.54, 1.807) is 11.2 Å². The number of nitrogens with zero attached hydrogens (tertiary/aromatic N) is 2. The van der Waals surface area contributed by atoms with E-state index < -0.39 is 27.3 Å². The molecule has 37 heavy (non-hydrogen) atoms. The maximum atomic E-state index is 14.1. The number of piperidine rings is 1. The topological polar surface area (TPSA) is 96.7 Å². The van der Waals surface area contributed by atoms with Gasteiger partial charge in [0.15, 0.2) is 0 Å². The lowest BCUT2D eigenvalue weighted by molar-refractivity contribution is -0.151. The summed E-state index contributed by atoms with van der Waals surface area (Å²) < 4.78 is 41.2. The third-order valence-corrected chi connectivity index (χ3v) is 10.7. The maximum Gasteiger partial charge on any atom is 0.323 e. The van der Waals surface area contributed by atoms with Crippen LogP contribution in [0.5, 0.6) is 5.75 Å². The normalized spacial score (nSPS) is 19.8. The molecule has 0 radical (unpaired) electrons. The number of carbonyl (C=O) groups is 1. The molecule has 0 aliphatic carbocycles. The van der Waals surface area contributed by atoms with Gasteiger partial charge in [-0.25, -0.2) is 8.42 Å². The average molecular weight is 533 g/mol. The van der Waals surface area contributed by atoms with Crippen LogP contribution in [0, 0.1) is 43.4 Å². The highest BCUT2D eigenvalue weighted by molar-refractivity contribution is 7.89. The monoisotopic (exact) mass is 532 g/mol. The molecule has 8 heteroatoms. The molecule has 1 fully saturated rings. The minimum Gasteiger partial charge on any atom is -0.487 e. The summed E-state index contributed by atoms with van der Waals surface area (Å²) in [4.78, 5) is 13.1. The number of unbranched alkanes of at least 4 members (excludes halogenated alkanes) is 2. The molecule has 1 aromatic rings. The lowest BCUT2D eigenvalue weighted by Crippen LogP contribution is -2.48. The van der Waals surface area contributed by atoms with Crippen LogP contribution in [0.4, 0.5) is 0 Å². The Bertz CT molecular complexity index is 1160. The van der Waals surface area contributed by atoms with Crippen molar-refractivity contribution in [2.45, 2.75) is 110 Å². The summed E-state index contributed by atoms with van der Waals surface area (Å²) in [5.41, 5.74) is 2.52. The lowest BCUT2D eigenvalue weighted by Gasteiger charge is -2.43. The standard InChI is InChI=1S/C29H44N2O5S/c1-8-10-11-13-29(24(19-30)27(32)35-9-2)15-17-31(18-16-29)37(33,34)26-21(4)20(3)25-23(22(26)5)12-14-28(6,7)36-25/h24H,8-18H2,1-7H3. The molecule has 206 valence electrons. The van der Waals surface area contributed by atoms with E-state index in [1.807, 2.05) is 20.8 Å². The van der Waals surface area contributed by atoms with Crippen molar-refractivity contribution in [2.24, 2.45) is 11.3 Å². The number of sulfonamides is 1. The zero-order chi connectivity index (χ0) is 27.6. The molecular weight excluding hydrogens is 488 g/mol. The molecule has 3 rings (SSSR count). The summed E-state index contributed by atoms with van der Waals surface area (Å²) in [5, 5.41) is 9.96. The van der Waals surface area contributed by atoms with Gasteiger partial charge in [0, 0.05) is 13.1 Å². The molecule has 0 spiro atoms. The molecule has 2 aliphatic heterocycles. The number of nitriles is 1. The number of rotatable bonds is 9. The number of esters is 1. The van der Waals surface area contributed by atoms with Crippen LogP contribution in [0.1, 0.15) is 94.9 Å². The third kappa shape index (κ3) is 5.68. The summed E-state index contributed by atoms with van der Waals surface area (Å²) in [6.45, 7) is 14.5. The molecule has 0 aromatic heterocycles. The van der Waals surface area contributed by atoms with Crippen LogP contribution in [0.3, 0.4) is 0 Å². The van der Waals surface area contributed by atoms with E-state index in [9.17, 15) is 18.5 Å². The molecule has 1 unspecified atom stereocenters. The molecule has 7 nitrogen and oxygen atoms in total. The van der Waals surface area contributed by atoms with Crippen LogP contribution in [-0.4, -0.2) is 44.0 Å². The fourth-order valence-electron chi connectivity index (χ4n) is 6.11. The van der Waals surface area contributed by atoms with E-state index in [-0.39, 0.29) is 25.3 Å². The van der Waals surface area contributed by atoms with Gasteiger partial charge in [0.2, 0.25) is 10.0 Å². The van der Waals surface area contributed by atoms with Gasteiger partial charge in [0.25, 0.3) is 0 Å². The molecule has 0 saturated carbocycles. The van der Waals surface area contributed by atoms with E-state index in [4.69, 9.17) is 9.47 Å². The number of hydrogen-bond acceptors (Lipinski definition) is 6. The van der Waals surface area contributed by atoms with Gasteiger partial charge >= 0.3 is 5.97 Å². The molecule has 0 N–H and O–H groups in total. The van der Waals surface area contributed by atoms with Crippen LogP contribution >= 0.6 is 0 Å². The van der Waals surface area contributed by atoms with Crippen molar-refractivity contribution >= 4 is 16.0 Å². The first-order valence-corrected chi connectivity index (χ1v) is 15.2. The molecule has 2 aliphatic rings. The van der Waals surface area contributed by atoms with Crippen LogP contribution in [0.2, 0.25) is 0 Å². The van der Waals surface area contributed by atoms with Crippen molar-refractivity contribution in [3.63, 3.8) is 0 Å². The van der Waals surface area contributed by atoms with Gasteiger partial charge in [-0.1, -0.05) is 26.2 Å². The number of hydrogen-bond donors (Lipinski definition) is 0. The maximum absolute atomic E-state index is 14.1. The Hall–Kier alpha value is -2.11. The molecule has 0 amide bonds. The van der Waals surface area contributed by atoms with E-state index in [1.165, 1.54) is 0 Å². The molecule has 0 bridgehead atoms. The summed E-state index contributed by atoms with van der Waals surface area (Å²) in [5.74, 6) is -0.549. The quantitative estimate of drug-likeness (QED) is 0.296. The van der Waals surface area contributed by atoms with Gasteiger partial charge < -0.3 is 9.47 Å². The minimum absolute atomic E-state index is 0.222. The Kier molecular flexibility index (Phi) is 9.01. The number of benzene rings is 1. The van der Waals surface area contributed by atoms with Crippen LogP contribution in [0.25, 0.3) is 0 Å². The second kappa shape index (κ2) is 11.3. The summed E-state index contributed by atoms with van der Waals surface area (Å²) in [6, 6.07) is 2.22. The Morgan fingerprint density at radius 3 is 2.30 bits per heavy atom. The van der Waals surface area contributed by atoms with E-state index in [2.05, 4.69) is 26.8 Å². The molecule has 2 heterocycles.